The molecule has 5 heteroatoms. The van der Waals surface area contributed by atoms with E-state index in [1.807, 2.05) is 55.5 Å². The third-order valence-corrected chi connectivity index (χ3v) is 5.49. The average Bonchev–Trinajstić information content (AvgIpc) is 2.79. The van der Waals surface area contributed by atoms with Crippen molar-refractivity contribution in [1.29, 1.82) is 0 Å². The molecular weight excluding hydrogens is 386 g/mol. The van der Waals surface area contributed by atoms with Crippen LogP contribution < -0.4 is 10.3 Å². The summed E-state index contributed by atoms with van der Waals surface area (Å²) in [6.07, 6.45) is 0.670. The van der Waals surface area contributed by atoms with E-state index in [4.69, 9.17) is 4.74 Å². The molecule has 0 bridgehead atoms. The number of aromatic nitrogens is 3. The Morgan fingerprint density at radius 2 is 1.81 bits per heavy atom. The highest BCUT2D eigenvalue weighted by Gasteiger charge is 2.11. The van der Waals surface area contributed by atoms with E-state index >= 15 is 0 Å². The molecule has 0 radical (unpaired) electrons. The Kier molecular flexibility index (Phi) is 6.12. The summed E-state index contributed by atoms with van der Waals surface area (Å²) in [6.45, 7) is 7.35. The monoisotopic (exact) mass is 413 g/mol. The van der Waals surface area contributed by atoms with E-state index < -0.39 is 0 Å². The second-order valence-corrected chi connectivity index (χ2v) is 8.07. The van der Waals surface area contributed by atoms with Gasteiger partial charge in [-0.05, 0) is 41.7 Å². The summed E-state index contributed by atoms with van der Waals surface area (Å²) in [4.78, 5) is 13.0. The fraction of sp³-hybridized carbons (Fsp3) is 0.269. The van der Waals surface area contributed by atoms with Crippen LogP contribution in [0.2, 0.25) is 0 Å². The van der Waals surface area contributed by atoms with Crippen LogP contribution in [0.3, 0.4) is 0 Å². The topological polar surface area (TPSA) is 57.0 Å². The Balaban J connectivity index is 1.48. The zero-order valence-corrected chi connectivity index (χ0v) is 18.2. The van der Waals surface area contributed by atoms with E-state index in [9.17, 15) is 4.79 Å². The van der Waals surface area contributed by atoms with Crippen molar-refractivity contribution in [3.63, 3.8) is 0 Å². The normalized spacial score (nSPS) is 11.2. The molecule has 0 aliphatic rings. The molecule has 0 amide bonds. The van der Waals surface area contributed by atoms with Gasteiger partial charge in [-0.25, -0.2) is 4.68 Å². The van der Waals surface area contributed by atoms with E-state index in [2.05, 4.69) is 42.4 Å². The Morgan fingerprint density at radius 1 is 1.00 bits per heavy atom. The van der Waals surface area contributed by atoms with Crippen molar-refractivity contribution < 1.29 is 4.74 Å². The summed E-state index contributed by atoms with van der Waals surface area (Å²) < 4.78 is 7.42. The quantitative estimate of drug-likeness (QED) is 0.383. The van der Waals surface area contributed by atoms with Gasteiger partial charge in [-0.1, -0.05) is 73.7 Å². The lowest BCUT2D eigenvalue weighted by molar-refractivity contribution is 0.294. The fourth-order valence-electron chi connectivity index (χ4n) is 3.63. The molecule has 0 atom stereocenters. The number of aryl methyl sites for hydroxylation is 2. The standard InChI is InChI=1S/C26H27N3O2/c1-18(2)21-14-13-19(3)24(17-21)31-16-8-15-29-26(30)23-12-7-11-22(25(23)27-28-29)20-9-5-4-6-10-20/h4-7,9-14,17-18H,8,15-16H2,1-3H3. The predicted octanol–water partition coefficient (Wildman–Crippen LogP) is 5.36. The number of nitrogens with zero attached hydrogens (tertiary/aromatic N) is 3. The summed E-state index contributed by atoms with van der Waals surface area (Å²) >= 11 is 0. The van der Waals surface area contributed by atoms with Gasteiger partial charge >= 0.3 is 0 Å². The van der Waals surface area contributed by atoms with Gasteiger partial charge in [0.05, 0.1) is 12.0 Å². The Hall–Kier alpha value is -3.47. The van der Waals surface area contributed by atoms with Crippen LogP contribution in [0.5, 0.6) is 5.75 Å². The van der Waals surface area contributed by atoms with E-state index in [1.165, 1.54) is 10.2 Å². The molecule has 1 aromatic heterocycles. The van der Waals surface area contributed by atoms with Gasteiger partial charge in [0.1, 0.15) is 11.3 Å². The first-order chi connectivity index (χ1) is 15.0. The molecule has 0 fully saturated rings. The van der Waals surface area contributed by atoms with Gasteiger partial charge in [-0.2, -0.15) is 0 Å². The number of rotatable bonds is 7. The van der Waals surface area contributed by atoms with Gasteiger partial charge in [0.15, 0.2) is 0 Å². The molecular formula is C26H27N3O2. The summed E-state index contributed by atoms with van der Waals surface area (Å²) in [6, 6.07) is 21.9. The van der Waals surface area contributed by atoms with Crippen molar-refractivity contribution in [2.45, 2.75) is 39.7 Å². The predicted molar refractivity (Wildman–Crippen MR) is 125 cm³/mol. The van der Waals surface area contributed by atoms with Crippen LogP contribution >= 0.6 is 0 Å². The first-order valence-corrected chi connectivity index (χ1v) is 10.7. The molecule has 0 saturated heterocycles. The maximum absolute atomic E-state index is 13.0. The molecule has 0 aliphatic carbocycles. The molecule has 31 heavy (non-hydrogen) atoms. The lowest BCUT2D eigenvalue weighted by Gasteiger charge is -2.13. The third kappa shape index (κ3) is 4.50. The zero-order chi connectivity index (χ0) is 21.8. The molecule has 0 aliphatic heterocycles. The number of hydrogen-bond acceptors (Lipinski definition) is 4. The highest BCUT2D eigenvalue weighted by Crippen LogP contribution is 2.25. The van der Waals surface area contributed by atoms with Crippen LogP contribution in [-0.4, -0.2) is 21.6 Å². The molecule has 3 aromatic carbocycles. The second-order valence-electron chi connectivity index (χ2n) is 8.07. The van der Waals surface area contributed by atoms with E-state index in [-0.39, 0.29) is 5.56 Å². The molecule has 158 valence electrons. The first-order valence-electron chi connectivity index (χ1n) is 10.7. The lowest BCUT2D eigenvalue weighted by atomic mass is 10.0. The highest BCUT2D eigenvalue weighted by molar-refractivity contribution is 5.92. The van der Waals surface area contributed by atoms with Crippen LogP contribution in [0.1, 0.15) is 37.3 Å². The van der Waals surface area contributed by atoms with Crippen molar-refractivity contribution in [1.82, 2.24) is 15.0 Å². The average molecular weight is 414 g/mol. The third-order valence-electron chi connectivity index (χ3n) is 5.49. The fourth-order valence-corrected chi connectivity index (χ4v) is 3.63. The van der Waals surface area contributed by atoms with Crippen molar-refractivity contribution in [2.75, 3.05) is 6.61 Å². The molecule has 0 unspecified atom stereocenters. The number of hydrogen-bond donors (Lipinski definition) is 0. The van der Waals surface area contributed by atoms with Crippen LogP contribution in [0.4, 0.5) is 0 Å². The summed E-state index contributed by atoms with van der Waals surface area (Å²) in [7, 11) is 0. The minimum absolute atomic E-state index is 0.124. The van der Waals surface area contributed by atoms with Gasteiger partial charge in [0, 0.05) is 18.5 Å². The number of fused-ring (bicyclic) bond motifs is 1. The molecule has 5 nitrogen and oxygen atoms in total. The molecule has 0 spiro atoms. The van der Waals surface area contributed by atoms with Crippen LogP contribution in [0.25, 0.3) is 22.0 Å². The van der Waals surface area contributed by atoms with Crippen LogP contribution in [0, 0.1) is 6.92 Å². The summed E-state index contributed by atoms with van der Waals surface area (Å²) in [5.74, 6) is 1.35. The molecule has 1 heterocycles. The molecule has 0 N–H and O–H groups in total. The minimum Gasteiger partial charge on any atom is -0.493 e. The van der Waals surface area contributed by atoms with E-state index in [0.29, 0.717) is 36.4 Å². The lowest BCUT2D eigenvalue weighted by Crippen LogP contribution is -2.25. The smallest absolute Gasteiger partial charge is 0.277 e. The maximum Gasteiger partial charge on any atom is 0.277 e. The Bertz CT molecular complexity index is 1250. The molecule has 4 rings (SSSR count). The van der Waals surface area contributed by atoms with Crippen molar-refractivity contribution in [3.8, 4) is 16.9 Å². The van der Waals surface area contributed by atoms with Gasteiger partial charge in [-0.3, -0.25) is 4.79 Å². The Morgan fingerprint density at radius 3 is 2.58 bits per heavy atom. The van der Waals surface area contributed by atoms with Crippen molar-refractivity contribution in [3.05, 3.63) is 88.2 Å². The van der Waals surface area contributed by atoms with Gasteiger partial charge < -0.3 is 4.74 Å². The number of benzene rings is 3. The van der Waals surface area contributed by atoms with Crippen molar-refractivity contribution in [2.24, 2.45) is 0 Å². The zero-order valence-electron chi connectivity index (χ0n) is 18.2. The van der Waals surface area contributed by atoms with E-state index in [1.54, 1.807) is 0 Å². The minimum atomic E-state index is -0.124. The Labute approximate surface area is 182 Å². The summed E-state index contributed by atoms with van der Waals surface area (Å²) in [5.41, 5.74) is 4.81. The molecule has 4 aromatic rings. The van der Waals surface area contributed by atoms with Gasteiger partial charge in [0.2, 0.25) is 0 Å². The SMILES string of the molecule is Cc1ccc(C(C)C)cc1OCCCn1nnc2c(-c3ccccc3)cccc2c1=O. The first kappa shape index (κ1) is 20.8. The number of ether oxygens (including phenoxy) is 1. The molecule has 0 saturated carbocycles. The largest absolute Gasteiger partial charge is 0.493 e. The van der Waals surface area contributed by atoms with Crippen LogP contribution in [0.15, 0.2) is 71.5 Å². The highest BCUT2D eigenvalue weighted by atomic mass is 16.5. The maximum atomic E-state index is 13.0. The second kappa shape index (κ2) is 9.13. The van der Waals surface area contributed by atoms with E-state index in [0.717, 1.165) is 22.4 Å². The summed E-state index contributed by atoms with van der Waals surface area (Å²) in [5, 5.41) is 9.14. The van der Waals surface area contributed by atoms with Crippen molar-refractivity contribution >= 4 is 10.9 Å². The van der Waals surface area contributed by atoms with Crippen LogP contribution in [-0.2, 0) is 6.54 Å². The van der Waals surface area contributed by atoms with Gasteiger partial charge in [0.25, 0.3) is 5.56 Å². The van der Waals surface area contributed by atoms with Gasteiger partial charge in [-0.15, -0.1) is 5.10 Å².